The summed E-state index contributed by atoms with van der Waals surface area (Å²) in [6.07, 6.45) is 1.19. The smallest absolute Gasteiger partial charge is 0.328 e. The normalized spacial score (nSPS) is 16.2. The van der Waals surface area contributed by atoms with Crippen molar-refractivity contribution in [3.8, 4) is 0 Å². The van der Waals surface area contributed by atoms with Crippen molar-refractivity contribution in [1.29, 1.82) is 0 Å². The van der Waals surface area contributed by atoms with Crippen molar-refractivity contribution in [2.24, 2.45) is 0 Å². The number of carboxylic acid groups (broad SMARTS) is 1. The summed E-state index contributed by atoms with van der Waals surface area (Å²) in [7, 11) is -2.82. The van der Waals surface area contributed by atoms with Gasteiger partial charge < -0.3 is 9.63 Å². The summed E-state index contributed by atoms with van der Waals surface area (Å²) in [4.78, 5) is 10.1. The number of aliphatic carboxylic acids is 1. The minimum atomic E-state index is -2.82. The molecule has 0 rings (SSSR count). The Morgan fingerprint density at radius 3 is 2.50 bits per heavy atom. The van der Waals surface area contributed by atoms with E-state index in [1.807, 2.05) is 0 Å². The van der Waals surface area contributed by atoms with Crippen LogP contribution in [0.4, 0.5) is 0 Å². The molecule has 0 aromatic heterocycles. The predicted octanol–water partition coefficient (Wildman–Crippen LogP) is 1.92. The number of rotatable bonds is 5. The van der Waals surface area contributed by atoms with Gasteiger partial charge in [-0.3, -0.25) is 4.57 Å². The minimum Gasteiger partial charge on any atom is -0.478 e. The maximum absolute atomic E-state index is 11.5. The molecule has 0 saturated heterocycles. The molecule has 0 bridgehead atoms. The van der Waals surface area contributed by atoms with Gasteiger partial charge in [-0.2, -0.15) is 0 Å². The Morgan fingerprint density at radius 1 is 1.58 bits per heavy atom. The summed E-state index contributed by atoms with van der Waals surface area (Å²) < 4.78 is 16.4. The van der Waals surface area contributed by atoms with Gasteiger partial charge in [0.15, 0.2) is 0 Å². The van der Waals surface area contributed by atoms with Crippen LogP contribution < -0.4 is 0 Å². The third-order valence-corrected chi connectivity index (χ3v) is 3.41. The predicted molar refractivity (Wildman–Crippen MR) is 46.5 cm³/mol. The molecule has 0 aromatic carbocycles. The van der Waals surface area contributed by atoms with Crippen LogP contribution in [0.3, 0.4) is 0 Å². The van der Waals surface area contributed by atoms with E-state index in [2.05, 4.69) is 0 Å². The Bertz CT molecular complexity index is 221. The van der Waals surface area contributed by atoms with Gasteiger partial charge in [0.1, 0.15) is 0 Å². The first-order chi connectivity index (χ1) is 5.54. The molecule has 70 valence electrons. The molecule has 0 amide bonds. The first-order valence-electron chi connectivity index (χ1n) is 3.69. The Morgan fingerprint density at radius 2 is 2.17 bits per heavy atom. The summed E-state index contributed by atoms with van der Waals surface area (Å²) in [6, 6.07) is 0. The van der Waals surface area contributed by atoms with E-state index in [9.17, 15) is 9.36 Å². The fourth-order valence-corrected chi connectivity index (χ4v) is 1.91. The molecule has 12 heavy (non-hydrogen) atoms. The highest BCUT2D eigenvalue weighted by molar-refractivity contribution is 7.62. The second-order valence-corrected chi connectivity index (χ2v) is 4.76. The zero-order chi connectivity index (χ0) is 9.61. The number of carboxylic acids is 1. The van der Waals surface area contributed by atoms with Gasteiger partial charge in [0.25, 0.3) is 0 Å². The van der Waals surface area contributed by atoms with Crippen molar-refractivity contribution >= 4 is 13.3 Å². The lowest BCUT2D eigenvalue weighted by molar-refractivity contribution is -0.131. The molecular weight excluding hydrogens is 179 g/mol. The highest BCUT2D eigenvalue weighted by Gasteiger charge is 2.15. The van der Waals surface area contributed by atoms with Crippen LogP contribution in [0.15, 0.2) is 11.9 Å². The van der Waals surface area contributed by atoms with E-state index in [0.29, 0.717) is 12.8 Å². The van der Waals surface area contributed by atoms with E-state index in [-0.39, 0.29) is 0 Å². The van der Waals surface area contributed by atoms with Gasteiger partial charge in [-0.1, -0.05) is 6.92 Å². The number of carbonyl (C=O) groups is 1. The van der Waals surface area contributed by atoms with E-state index >= 15 is 0 Å². The van der Waals surface area contributed by atoms with E-state index in [4.69, 9.17) is 9.63 Å². The molecule has 0 aliphatic carbocycles. The summed E-state index contributed by atoms with van der Waals surface area (Å²) in [6.45, 7) is 3.74. The highest BCUT2D eigenvalue weighted by Crippen LogP contribution is 2.47. The SMILES string of the molecule is CCO[P@@](=O)(/C=C\C(=O)O)CC. The fourth-order valence-electron chi connectivity index (χ4n) is 0.636. The molecule has 0 heterocycles. The Kier molecular flexibility index (Phi) is 4.86. The van der Waals surface area contributed by atoms with Gasteiger partial charge in [-0.25, -0.2) is 4.79 Å². The number of hydrogen-bond donors (Lipinski definition) is 1. The van der Waals surface area contributed by atoms with Gasteiger partial charge in [0.05, 0.1) is 6.61 Å². The molecule has 0 aromatic rings. The van der Waals surface area contributed by atoms with Crippen molar-refractivity contribution in [2.45, 2.75) is 13.8 Å². The summed E-state index contributed by atoms with van der Waals surface area (Å²) in [5.74, 6) is 0.0297. The van der Waals surface area contributed by atoms with Gasteiger partial charge in [-0.05, 0) is 6.92 Å². The summed E-state index contributed by atoms with van der Waals surface area (Å²) in [5.41, 5.74) is 0. The quantitative estimate of drug-likeness (QED) is 0.533. The van der Waals surface area contributed by atoms with E-state index in [0.717, 1.165) is 11.9 Å². The van der Waals surface area contributed by atoms with Gasteiger partial charge >= 0.3 is 5.97 Å². The molecule has 0 radical (unpaired) electrons. The molecule has 1 N–H and O–H groups in total. The number of hydrogen-bond acceptors (Lipinski definition) is 3. The molecule has 0 spiro atoms. The second kappa shape index (κ2) is 5.12. The lowest BCUT2D eigenvalue weighted by Gasteiger charge is -2.09. The Labute approximate surface area is 71.7 Å². The molecule has 0 aliphatic rings. The lowest BCUT2D eigenvalue weighted by Crippen LogP contribution is -1.92. The zero-order valence-corrected chi connectivity index (χ0v) is 8.08. The molecule has 4 nitrogen and oxygen atoms in total. The monoisotopic (exact) mass is 192 g/mol. The molecule has 0 fully saturated rings. The van der Waals surface area contributed by atoms with Crippen LogP contribution in [0, 0.1) is 0 Å². The van der Waals surface area contributed by atoms with Crippen molar-refractivity contribution < 1.29 is 19.0 Å². The maximum atomic E-state index is 11.5. The zero-order valence-electron chi connectivity index (χ0n) is 7.19. The topological polar surface area (TPSA) is 63.6 Å². The fraction of sp³-hybridized carbons (Fsp3) is 0.571. The van der Waals surface area contributed by atoms with Crippen LogP contribution in [-0.4, -0.2) is 23.8 Å². The minimum absolute atomic E-state index is 0.324. The van der Waals surface area contributed by atoms with E-state index in [1.165, 1.54) is 0 Å². The summed E-state index contributed by atoms with van der Waals surface area (Å²) in [5, 5.41) is 8.28. The Hall–Kier alpha value is -0.600. The van der Waals surface area contributed by atoms with Gasteiger partial charge in [0, 0.05) is 18.1 Å². The van der Waals surface area contributed by atoms with Crippen molar-refractivity contribution in [2.75, 3.05) is 12.8 Å². The first-order valence-corrected chi connectivity index (χ1v) is 5.57. The summed E-state index contributed by atoms with van der Waals surface area (Å²) >= 11 is 0. The maximum Gasteiger partial charge on any atom is 0.328 e. The highest BCUT2D eigenvalue weighted by atomic mass is 31.2. The standard InChI is InChI=1S/C7H13O4P/c1-3-11-12(10,4-2)6-5-7(8)9/h5-6H,3-4H2,1-2H3,(H,8,9)/b6-5-/t12-/m1/s1. The molecule has 5 heteroatoms. The van der Waals surface area contributed by atoms with Crippen LogP contribution in [0.25, 0.3) is 0 Å². The van der Waals surface area contributed by atoms with Crippen LogP contribution in [0.5, 0.6) is 0 Å². The molecular formula is C7H13O4P. The Balaban J connectivity index is 4.33. The average Bonchev–Trinajstić information content (AvgIpc) is 2.02. The van der Waals surface area contributed by atoms with Crippen LogP contribution >= 0.6 is 7.37 Å². The third-order valence-electron chi connectivity index (χ3n) is 1.23. The van der Waals surface area contributed by atoms with Crippen LogP contribution in [-0.2, 0) is 13.9 Å². The van der Waals surface area contributed by atoms with Crippen molar-refractivity contribution in [3.05, 3.63) is 11.9 Å². The van der Waals surface area contributed by atoms with Crippen molar-refractivity contribution in [3.63, 3.8) is 0 Å². The second-order valence-electron chi connectivity index (χ2n) is 2.11. The molecule has 1 atom stereocenters. The molecule has 0 aliphatic heterocycles. The van der Waals surface area contributed by atoms with Crippen LogP contribution in [0.2, 0.25) is 0 Å². The third kappa shape index (κ3) is 4.31. The van der Waals surface area contributed by atoms with Crippen LogP contribution in [0.1, 0.15) is 13.8 Å². The first kappa shape index (κ1) is 11.4. The average molecular weight is 192 g/mol. The van der Waals surface area contributed by atoms with E-state index < -0.39 is 13.3 Å². The van der Waals surface area contributed by atoms with Gasteiger partial charge in [0.2, 0.25) is 7.37 Å². The van der Waals surface area contributed by atoms with Crippen molar-refractivity contribution in [1.82, 2.24) is 0 Å². The molecule has 0 saturated carbocycles. The lowest BCUT2D eigenvalue weighted by atomic mass is 10.7. The van der Waals surface area contributed by atoms with Gasteiger partial charge in [-0.15, -0.1) is 0 Å². The molecule has 0 unspecified atom stereocenters. The van der Waals surface area contributed by atoms with E-state index in [1.54, 1.807) is 13.8 Å². The largest absolute Gasteiger partial charge is 0.478 e.